The van der Waals surface area contributed by atoms with Gasteiger partial charge in [0.25, 0.3) is 0 Å². The first-order valence-corrected chi connectivity index (χ1v) is 13.6. The topological polar surface area (TPSA) is 85.8 Å². The van der Waals surface area contributed by atoms with Crippen molar-refractivity contribution >= 4 is 26.7 Å². The Morgan fingerprint density at radius 1 is 1.09 bits per heavy atom. The van der Waals surface area contributed by atoms with Crippen LogP contribution in [0.15, 0.2) is 65.8 Å². The van der Waals surface area contributed by atoms with Gasteiger partial charge in [0.1, 0.15) is 5.60 Å². The number of sulfone groups is 1. The van der Waals surface area contributed by atoms with Crippen LogP contribution >= 0.6 is 0 Å². The second-order valence-electron chi connectivity index (χ2n) is 10.1. The lowest BCUT2D eigenvalue weighted by atomic mass is 9.88. The Bertz CT molecular complexity index is 1300. The molecule has 3 aromatic rings. The minimum atomic E-state index is -3.38. The molecular formula is C27H32N2O5S. The summed E-state index contributed by atoms with van der Waals surface area (Å²) >= 11 is 0. The molecule has 35 heavy (non-hydrogen) atoms. The predicted molar refractivity (Wildman–Crippen MR) is 135 cm³/mol. The van der Waals surface area contributed by atoms with Crippen LogP contribution in [0.25, 0.3) is 10.8 Å². The number of likely N-dealkylation sites (tertiary alicyclic amines) is 1. The van der Waals surface area contributed by atoms with Crippen LogP contribution in [-0.2, 0) is 25.9 Å². The number of carbonyl (C=O) groups excluding carboxylic acids is 1. The average Bonchev–Trinajstić information content (AvgIpc) is 2.81. The molecule has 1 saturated heterocycles. The number of rotatable bonds is 5. The van der Waals surface area contributed by atoms with E-state index in [4.69, 9.17) is 9.47 Å². The summed E-state index contributed by atoms with van der Waals surface area (Å²) in [4.78, 5) is 18.6. The molecule has 8 heteroatoms. The molecule has 2 atom stereocenters. The van der Waals surface area contributed by atoms with Crippen molar-refractivity contribution in [2.24, 2.45) is 0 Å². The summed E-state index contributed by atoms with van der Waals surface area (Å²) < 4.78 is 35.6. The molecule has 1 fully saturated rings. The summed E-state index contributed by atoms with van der Waals surface area (Å²) in [5.74, 6) is -0.0322. The van der Waals surface area contributed by atoms with E-state index in [1.165, 1.54) is 11.5 Å². The van der Waals surface area contributed by atoms with E-state index < -0.39 is 15.4 Å². The predicted octanol–water partition coefficient (Wildman–Crippen LogP) is 4.95. The van der Waals surface area contributed by atoms with E-state index in [2.05, 4.69) is 29.2 Å². The molecule has 2 aromatic carbocycles. The number of nitrogens with zero attached hydrogens (tertiary/aromatic N) is 2. The van der Waals surface area contributed by atoms with E-state index in [1.807, 2.05) is 39.0 Å². The molecule has 1 aromatic heterocycles. The van der Waals surface area contributed by atoms with Gasteiger partial charge in [0.15, 0.2) is 14.9 Å². The fourth-order valence-corrected chi connectivity index (χ4v) is 4.88. The Labute approximate surface area is 207 Å². The molecule has 0 spiro atoms. The molecule has 2 unspecified atom stereocenters. The molecule has 1 aliphatic heterocycles. The zero-order chi connectivity index (χ0) is 25.2. The number of benzene rings is 2. The van der Waals surface area contributed by atoms with Gasteiger partial charge in [0, 0.05) is 24.9 Å². The van der Waals surface area contributed by atoms with E-state index in [0.29, 0.717) is 26.1 Å². The Morgan fingerprint density at radius 3 is 2.49 bits per heavy atom. The zero-order valence-electron chi connectivity index (χ0n) is 20.6. The third kappa shape index (κ3) is 6.38. The molecule has 0 aliphatic carbocycles. The highest BCUT2D eigenvalue weighted by atomic mass is 32.2. The number of ether oxygens (including phenoxy) is 2. The van der Waals surface area contributed by atoms with Crippen molar-refractivity contribution in [3.63, 3.8) is 0 Å². The van der Waals surface area contributed by atoms with Gasteiger partial charge in [-0.15, -0.1) is 0 Å². The van der Waals surface area contributed by atoms with Gasteiger partial charge in [-0.2, -0.15) is 0 Å². The molecule has 0 N–H and O–H groups in total. The Kier molecular flexibility index (Phi) is 7.15. The van der Waals surface area contributed by atoms with Gasteiger partial charge >= 0.3 is 6.09 Å². The van der Waals surface area contributed by atoms with E-state index in [1.54, 1.807) is 17.2 Å². The van der Waals surface area contributed by atoms with Gasteiger partial charge in [-0.05, 0) is 61.2 Å². The molecule has 1 aliphatic rings. The fourth-order valence-electron chi connectivity index (χ4n) is 4.32. The van der Waals surface area contributed by atoms with Crippen LogP contribution in [0, 0.1) is 0 Å². The standard InChI is InChI=1S/C27H32N2O5S/c1-27(2,3)34-26(30)29-14-13-23(22-11-12-25(28-16-22)35(4,31)32)24(17-29)33-18-19-9-10-20-7-5-6-8-21(20)15-19/h5-12,15-16,23-24H,13-14,17-18H2,1-4H3. The van der Waals surface area contributed by atoms with Gasteiger partial charge < -0.3 is 14.4 Å². The second-order valence-corrected chi connectivity index (χ2v) is 12.0. The number of aromatic nitrogens is 1. The van der Waals surface area contributed by atoms with E-state index in [-0.39, 0.29) is 23.1 Å². The molecule has 1 amide bonds. The van der Waals surface area contributed by atoms with E-state index in [0.717, 1.165) is 22.8 Å². The number of amides is 1. The van der Waals surface area contributed by atoms with Crippen LogP contribution in [0.5, 0.6) is 0 Å². The first-order chi connectivity index (χ1) is 16.5. The average molecular weight is 497 g/mol. The lowest BCUT2D eigenvalue weighted by Gasteiger charge is -2.39. The molecule has 0 bridgehead atoms. The van der Waals surface area contributed by atoms with E-state index in [9.17, 15) is 13.2 Å². The van der Waals surface area contributed by atoms with Gasteiger partial charge in [-0.3, -0.25) is 0 Å². The van der Waals surface area contributed by atoms with Crippen molar-refractivity contribution in [2.45, 2.75) is 56.4 Å². The van der Waals surface area contributed by atoms with Gasteiger partial charge in [-0.1, -0.05) is 42.5 Å². The highest BCUT2D eigenvalue weighted by Crippen LogP contribution is 2.32. The van der Waals surface area contributed by atoms with E-state index >= 15 is 0 Å². The maximum absolute atomic E-state index is 12.7. The lowest BCUT2D eigenvalue weighted by Crippen LogP contribution is -2.48. The monoisotopic (exact) mass is 496 g/mol. The lowest BCUT2D eigenvalue weighted by molar-refractivity contribution is -0.0360. The SMILES string of the molecule is CC(C)(C)OC(=O)N1CCC(c2ccc(S(C)(=O)=O)nc2)C(OCc2ccc3ccccc3c2)C1. The van der Waals surface area contributed by atoms with Crippen LogP contribution in [0.1, 0.15) is 44.2 Å². The first kappa shape index (κ1) is 25.1. The molecule has 7 nitrogen and oxygen atoms in total. The number of piperidine rings is 1. The quantitative estimate of drug-likeness (QED) is 0.497. The number of pyridine rings is 1. The van der Waals surface area contributed by atoms with Gasteiger partial charge in [0.2, 0.25) is 0 Å². The van der Waals surface area contributed by atoms with Crippen LogP contribution in [0.4, 0.5) is 4.79 Å². The Morgan fingerprint density at radius 2 is 1.83 bits per heavy atom. The summed E-state index contributed by atoms with van der Waals surface area (Å²) in [6.07, 6.45) is 2.75. The summed E-state index contributed by atoms with van der Waals surface area (Å²) in [5.41, 5.74) is 1.35. The Balaban J connectivity index is 1.55. The number of hydrogen-bond acceptors (Lipinski definition) is 6. The molecule has 0 radical (unpaired) electrons. The smallest absolute Gasteiger partial charge is 0.410 e. The summed E-state index contributed by atoms with van der Waals surface area (Å²) in [6.45, 7) is 6.83. The van der Waals surface area contributed by atoms with Crippen LogP contribution in [0.2, 0.25) is 0 Å². The van der Waals surface area contributed by atoms with Crippen molar-refractivity contribution in [2.75, 3.05) is 19.3 Å². The van der Waals surface area contributed by atoms with Crippen LogP contribution in [-0.4, -0.2) is 55.4 Å². The number of hydrogen-bond donors (Lipinski definition) is 0. The highest BCUT2D eigenvalue weighted by Gasteiger charge is 2.35. The summed E-state index contributed by atoms with van der Waals surface area (Å²) in [5, 5.41) is 2.35. The van der Waals surface area contributed by atoms with Gasteiger partial charge in [-0.25, -0.2) is 18.2 Å². The summed E-state index contributed by atoms with van der Waals surface area (Å²) in [7, 11) is -3.38. The number of fused-ring (bicyclic) bond motifs is 1. The van der Waals surface area contributed by atoms with Crippen LogP contribution < -0.4 is 0 Å². The third-order valence-electron chi connectivity index (χ3n) is 6.06. The molecular weight excluding hydrogens is 464 g/mol. The fraction of sp³-hybridized carbons (Fsp3) is 0.407. The molecule has 4 rings (SSSR count). The minimum Gasteiger partial charge on any atom is -0.444 e. The summed E-state index contributed by atoms with van der Waals surface area (Å²) in [6, 6.07) is 17.7. The van der Waals surface area contributed by atoms with Crippen molar-refractivity contribution < 1.29 is 22.7 Å². The number of carbonyl (C=O) groups is 1. The maximum Gasteiger partial charge on any atom is 0.410 e. The maximum atomic E-state index is 12.7. The molecule has 2 heterocycles. The van der Waals surface area contributed by atoms with Gasteiger partial charge in [0.05, 0.1) is 19.3 Å². The minimum absolute atomic E-state index is 0.0322. The molecule has 186 valence electrons. The van der Waals surface area contributed by atoms with Crippen molar-refractivity contribution in [3.05, 3.63) is 71.9 Å². The highest BCUT2D eigenvalue weighted by molar-refractivity contribution is 7.90. The van der Waals surface area contributed by atoms with Crippen molar-refractivity contribution in [1.82, 2.24) is 9.88 Å². The first-order valence-electron chi connectivity index (χ1n) is 11.7. The van der Waals surface area contributed by atoms with Crippen molar-refractivity contribution in [3.8, 4) is 0 Å². The Hall–Kier alpha value is -2.97. The molecule has 0 saturated carbocycles. The van der Waals surface area contributed by atoms with Crippen LogP contribution in [0.3, 0.4) is 0 Å². The normalized spacial score (nSPS) is 19.0. The second kappa shape index (κ2) is 9.95. The zero-order valence-corrected chi connectivity index (χ0v) is 21.4. The third-order valence-corrected chi connectivity index (χ3v) is 7.06. The largest absolute Gasteiger partial charge is 0.444 e. The van der Waals surface area contributed by atoms with Crippen molar-refractivity contribution in [1.29, 1.82) is 0 Å².